The van der Waals surface area contributed by atoms with Gasteiger partial charge >= 0.3 is 0 Å². The minimum Gasteiger partial charge on any atom is -0.383 e. The summed E-state index contributed by atoms with van der Waals surface area (Å²) in [6, 6.07) is 5.79. The van der Waals surface area contributed by atoms with Gasteiger partial charge in [-0.15, -0.1) is 0 Å². The maximum atomic E-state index is 12.7. The lowest BCUT2D eigenvalue weighted by Crippen LogP contribution is -2.46. The van der Waals surface area contributed by atoms with Gasteiger partial charge in [0.05, 0.1) is 11.5 Å². The first-order valence-electron chi connectivity index (χ1n) is 7.01. The van der Waals surface area contributed by atoms with Crippen molar-refractivity contribution in [1.29, 1.82) is 0 Å². The van der Waals surface area contributed by atoms with Crippen LogP contribution in [0.25, 0.3) is 0 Å². The number of nitrogens with zero attached hydrogens (tertiary/aromatic N) is 1. The van der Waals surface area contributed by atoms with E-state index < -0.39 is 16.1 Å². The van der Waals surface area contributed by atoms with Gasteiger partial charge < -0.3 is 10.1 Å². The molecule has 0 radical (unpaired) electrons. The fourth-order valence-electron chi connectivity index (χ4n) is 2.43. The Morgan fingerprint density at radius 3 is 2.73 bits per heavy atom. The molecule has 0 saturated carbocycles. The van der Waals surface area contributed by atoms with Gasteiger partial charge in [0.15, 0.2) is 0 Å². The molecule has 1 fully saturated rings. The van der Waals surface area contributed by atoms with Crippen LogP contribution in [0.3, 0.4) is 0 Å². The van der Waals surface area contributed by atoms with Crippen molar-refractivity contribution in [2.24, 2.45) is 0 Å². The highest BCUT2D eigenvalue weighted by atomic mass is 79.9. The molecule has 2 rings (SSSR count). The predicted octanol–water partition coefficient (Wildman–Crippen LogP) is 1.36. The molecule has 1 N–H and O–H groups in total. The van der Waals surface area contributed by atoms with Crippen LogP contribution >= 0.6 is 15.9 Å². The number of hydrogen-bond acceptors (Lipinski definition) is 4. The lowest BCUT2D eigenvalue weighted by Gasteiger charge is -2.23. The van der Waals surface area contributed by atoms with E-state index in [-0.39, 0.29) is 10.8 Å². The number of ether oxygens (including phenoxy) is 1. The molecule has 1 heterocycles. The fraction of sp³-hybridized carbons (Fsp3) is 0.500. The van der Waals surface area contributed by atoms with Crippen LogP contribution in [0.4, 0.5) is 0 Å². The summed E-state index contributed by atoms with van der Waals surface area (Å²) < 4.78 is 32.4. The van der Waals surface area contributed by atoms with Crippen molar-refractivity contribution < 1.29 is 17.9 Å². The number of carbonyl (C=O) groups is 1. The van der Waals surface area contributed by atoms with Gasteiger partial charge in [-0.2, -0.15) is 4.31 Å². The summed E-state index contributed by atoms with van der Waals surface area (Å²) in [4.78, 5) is 12.4. The van der Waals surface area contributed by atoms with Crippen molar-refractivity contribution in [2.45, 2.75) is 23.8 Å². The molecular formula is C14H19BrN2O4S. The third-order valence-corrected chi connectivity index (χ3v) is 5.98. The Balaban J connectivity index is 2.15. The van der Waals surface area contributed by atoms with Crippen molar-refractivity contribution in [1.82, 2.24) is 9.62 Å². The number of halogens is 1. The van der Waals surface area contributed by atoms with Gasteiger partial charge in [0.2, 0.25) is 15.9 Å². The van der Waals surface area contributed by atoms with Gasteiger partial charge in [0.25, 0.3) is 0 Å². The van der Waals surface area contributed by atoms with Crippen LogP contribution in [-0.2, 0) is 19.6 Å². The molecule has 1 aromatic carbocycles. The molecule has 0 spiro atoms. The number of nitrogens with one attached hydrogen (secondary N) is 1. The van der Waals surface area contributed by atoms with Crippen LogP contribution < -0.4 is 5.32 Å². The fourth-order valence-corrected chi connectivity index (χ4v) is 4.35. The molecule has 1 unspecified atom stereocenters. The quantitative estimate of drug-likeness (QED) is 0.744. The number of sulfonamides is 1. The SMILES string of the molecule is COCCNC(=O)C1CCCN1S(=O)(=O)c1ccc(Br)cc1. The molecule has 1 aliphatic rings. The van der Waals surface area contributed by atoms with E-state index >= 15 is 0 Å². The van der Waals surface area contributed by atoms with Crippen LogP contribution in [0.2, 0.25) is 0 Å². The molecule has 122 valence electrons. The highest BCUT2D eigenvalue weighted by Crippen LogP contribution is 2.27. The molecule has 1 saturated heterocycles. The normalized spacial score (nSPS) is 19.3. The van der Waals surface area contributed by atoms with E-state index in [1.165, 1.54) is 16.4 Å². The van der Waals surface area contributed by atoms with Gasteiger partial charge in [-0.05, 0) is 37.1 Å². The zero-order valence-corrected chi connectivity index (χ0v) is 14.7. The van der Waals surface area contributed by atoms with Crippen LogP contribution in [0, 0.1) is 0 Å². The van der Waals surface area contributed by atoms with Gasteiger partial charge in [0.1, 0.15) is 6.04 Å². The molecule has 6 nitrogen and oxygen atoms in total. The minimum absolute atomic E-state index is 0.201. The molecule has 1 atom stereocenters. The van der Waals surface area contributed by atoms with Crippen molar-refractivity contribution in [3.8, 4) is 0 Å². The average Bonchev–Trinajstić information content (AvgIpc) is 2.98. The van der Waals surface area contributed by atoms with Gasteiger partial charge in [-0.1, -0.05) is 15.9 Å². The zero-order valence-electron chi connectivity index (χ0n) is 12.3. The molecule has 0 aliphatic carbocycles. The Hall–Kier alpha value is -0.960. The van der Waals surface area contributed by atoms with E-state index in [0.29, 0.717) is 32.5 Å². The summed E-state index contributed by atoms with van der Waals surface area (Å²) in [5.74, 6) is -0.268. The number of amides is 1. The van der Waals surface area contributed by atoms with Gasteiger partial charge in [-0.25, -0.2) is 8.42 Å². The predicted molar refractivity (Wildman–Crippen MR) is 85.9 cm³/mol. The Bertz CT molecular complexity index is 618. The van der Waals surface area contributed by atoms with E-state index in [0.717, 1.165) is 4.47 Å². The zero-order chi connectivity index (χ0) is 16.2. The molecule has 0 bridgehead atoms. The first-order chi connectivity index (χ1) is 10.5. The maximum absolute atomic E-state index is 12.7. The number of benzene rings is 1. The third-order valence-electron chi connectivity index (χ3n) is 3.53. The molecule has 8 heteroatoms. The topological polar surface area (TPSA) is 75.7 Å². The monoisotopic (exact) mass is 390 g/mol. The molecule has 0 aromatic heterocycles. The van der Waals surface area contributed by atoms with E-state index in [2.05, 4.69) is 21.2 Å². The largest absolute Gasteiger partial charge is 0.383 e. The highest BCUT2D eigenvalue weighted by Gasteiger charge is 2.39. The van der Waals surface area contributed by atoms with Crippen molar-refractivity contribution >= 4 is 31.9 Å². The first-order valence-corrected chi connectivity index (χ1v) is 9.24. The number of carbonyl (C=O) groups excluding carboxylic acids is 1. The number of hydrogen-bond donors (Lipinski definition) is 1. The molecule has 1 aromatic rings. The van der Waals surface area contributed by atoms with Crippen LogP contribution in [0.1, 0.15) is 12.8 Å². The Labute approximate surface area is 139 Å². The van der Waals surface area contributed by atoms with Crippen LogP contribution in [0.5, 0.6) is 0 Å². The van der Waals surface area contributed by atoms with Crippen LogP contribution in [-0.4, -0.2) is 51.5 Å². The summed E-state index contributed by atoms with van der Waals surface area (Å²) in [5, 5.41) is 2.71. The Morgan fingerprint density at radius 2 is 2.09 bits per heavy atom. The summed E-state index contributed by atoms with van der Waals surface area (Å²) in [6.45, 7) is 1.14. The molecule has 22 heavy (non-hydrogen) atoms. The van der Waals surface area contributed by atoms with Crippen molar-refractivity contribution in [3.05, 3.63) is 28.7 Å². The Kier molecular flexibility index (Phi) is 5.96. The summed E-state index contributed by atoms with van der Waals surface area (Å²) in [7, 11) is -2.11. The van der Waals surface area contributed by atoms with Crippen molar-refractivity contribution in [3.63, 3.8) is 0 Å². The summed E-state index contributed by atoms with van der Waals surface area (Å²) in [6.07, 6.45) is 1.21. The van der Waals surface area contributed by atoms with E-state index in [9.17, 15) is 13.2 Å². The van der Waals surface area contributed by atoms with E-state index in [4.69, 9.17) is 4.74 Å². The third kappa shape index (κ3) is 3.87. The lowest BCUT2D eigenvalue weighted by molar-refractivity contribution is -0.124. The summed E-state index contributed by atoms with van der Waals surface area (Å²) in [5.41, 5.74) is 0. The van der Waals surface area contributed by atoms with Gasteiger partial charge in [0, 0.05) is 24.7 Å². The standard InChI is InChI=1S/C14H19BrN2O4S/c1-21-10-8-16-14(18)13-3-2-9-17(13)22(19,20)12-6-4-11(15)5-7-12/h4-7,13H,2-3,8-10H2,1H3,(H,16,18). The summed E-state index contributed by atoms with van der Waals surface area (Å²) >= 11 is 3.28. The maximum Gasteiger partial charge on any atom is 0.243 e. The smallest absolute Gasteiger partial charge is 0.243 e. The lowest BCUT2D eigenvalue weighted by atomic mass is 10.2. The van der Waals surface area contributed by atoms with Crippen molar-refractivity contribution in [2.75, 3.05) is 26.8 Å². The Morgan fingerprint density at radius 1 is 1.41 bits per heavy atom. The second-order valence-corrected chi connectivity index (χ2v) is 7.82. The first kappa shape index (κ1) is 17.4. The molecular weight excluding hydrogens is 372 g/mol. The average molecular weight is 391 g/mol. The van der Waals surface area contributed by atoms with E-state index in [1.807, 2.05) is 0 Å². The minimum atomic E-state index is -3.66. The van der Waals surface area contributed by atoms with Crippen LogP contribution in [0.15, 0.2) is 33.6 Å². The number of rotatable bonds is 6. The highest BCUT2D eigenvalue weighted by molar-refractivity contribution is 9.10. The van der Waals surface area contributed by atoms with E-state index in [1.54, 1.807) is 19.2 Å². The second kappa shape index (κ2) is 7.54. The number of methoxy groups -OCH3 is 1. The second-order valence-electron chi connectivity index (χ2n) is 5.01. The molecule has 1 amide bonds. The molecule has 1 aliphatic heterocycles. The van der Waals surface area contributed by atoms with Gasteiger partial charge in [-0.3, -0.25) is 4.79 Å².